The zero-order chi connectivity index (χ0) is 19.6. The van der Waals surface area contributed by atoms with Gasteiger partial charge in [-0.05, 0) is 67.5 Å². The molecule has 1 saturated carbocycles. The van der Waals surface area contributed by atoms with Crippen LogP contribution in [0, 0.1) is 24.7 Å². The van der Waals surface area contributed by atoms with Crippen molar-refractivity contribution in [2.24, 2.45) is 17.8 Å². The second-order valence-electron chi connectivity index (χ2n) is 8.72. The molecule has 5 rings (SSSR count). The van der Waals surface area contributed by atoms with Gasteiger partial charge in [0.2, 0.25) is 11.8 Å². The topological polar surface area (TPSA) is 62.4 Å². The Bertz CT molecular complexity index is 945. The molecule has 146 valence electrons. The van der Waals surface area contributed by atoms with Gasteiger partial charge >= 0.3 is 0 Å². The van der Waals surface area contributed by atoms with Gasteiger partial charge < -0.3 is 9.72 Å². The molecule has 28 heavy (non-hydrogen) atoms. The van der Waals surface area contributed by atoms with Gasteiger partial charge in [0.1, 0.15) is 5.75 Å². The molecule has 2 aromatic rings. The Hall–Kier alpha value is -2.56. The number of rotatable bonds is 2. The Balaban J connectivity index is 1.61. The molecule has 5 nitrogen and oxygen atoms in total. The average Bonchev–Trinajstić information content (AvgIpc) is 3.19. The summed E-state index contributed by atoms with van der Waals surface area (Å²) in [6.07, 6.45) is 3.28. The molecule has 2 aliphatic carbocycles. The van der Waals surface area contributed by atoms with Crippen LogP contribution in [0.5, 0.6) is 5.75 Å². The fraction of sp³-hybridized carbons (Fsp3) is 0.478. The highest BCUT2D eigenvalue weighted by molar-refractivity contribution is 6.24. The number of nitrogens with one attached hydrogen (secondary N) is 1. The van der Waals surface area contributed by atoms with Gasteiger partial charge in [0.05, 0.1) is 24.6 Å². The van der Waals surface area contributed by atoms with Gasteiger partial charge in [0.15, 0.2) is 0 Å². The number of aromatic nitrogens is 1. The highest BCUT2D eigenvalue weighted by Gasteiger charge is 2.58. The highest BCUT2D eigenvalue weighted by Crippen LogP contribution is 2.57. The number of hydrogen-bond donors (Lipinski definition) is 1. The molecule has 2 amide bonds. The van der Waals surface area contributed by atoms with Gasteiger partial charge in [-0.15, -0.1) is 0 Å². The molecular formula is C23H26N2O3. The minimum Gasteiger partial charge on any atom is -0.497 e. The maximum Gasteiger partial charge on any atom is 0.242 e. The number of ether oxygens (including phenoxy) is 1. The van der Waals surface area contributed by atoms with E-state index in [1.807, 2.05) is 6.92 Å². The lowest BCUT2D eigenvalue weighted by atomic mass is 9.60. The predicted molar refractivity (Wildman–Crippen MR) is 106 cm³/mol. The minimum absolute atomic E-state index is 0.0335. The minimum atomic E-state index is -0.360. The number of hydrogen-bond acceptors (Lipinski definition) is 3. The summed E-state index contributed by atoms with van der Waals surface area (Å²) < 4.78 is 5.22. The quantitative estimate of drug-likeness (QED) is 0.799. The first-order valence-corrected chi connectivity index (χ1v) is 10.2. The van der Waals surface area contributed by atoms with Crippen LogP contribution in [-0.4, -0.2) is 23.9 Å². The fourth-order valence-electron chi connectivity index (χ4n) is 5.81. The number of benzene rings is 1. The van der Waals surface area contributed by atoms with Crippen molar-refractivity contribution in [2.45, 2.75) is 44.9 Å². The molecule has 1 aliphatic heterocycles. The first kappa shape index (κ1) is 17.5. The van der Waals surface area contributed by atoms with Crippen molar-refractivity contribution in [3.8, 4) is 5.75 Å². The second-order valence-corrected chi connectivity index (χ2v) is 8.72. The summed E-state index contributed by atoms with van der Waals surface area (Å²) in [6.45, 7) is 4.31. The third-order valence-corrected chi connectivity index (χ3v) is 7.03. The average molecular weight is 378 g/mol. The number of fused-ring (bicyclic) bond motifs is 6. The van der Waals surface area contributed by atoms with Crippen LogP contribution < -0.4 is 9.64 Å². The SMILES string of the molecule is COc1ccc(N2C(=O)[C@H]3[C@H]4CC(C)CC[C@H]4c4[nH]c(C)cc4[C@H]3C2=O)cc1. The van der Waals surface area contributed by atoms with E-state index < -0.39 is 0 Å². The van der Waals surface area contributed by atoms with Gasteiger partial charge in [-0.1, -0.05) is 13.3 Å². The second kappa shape index (κ2) is 6.23. The number of carbonyl (C=O) groups excluding carboxylic acids is 2. The molecule has 2 fully saturated rings. The first-order chi connectivity index (χ1) is 13.5. The van der Waals surface area contributed by atoms with E-state index in [1.165, 1.54) is 17.0 Å². The van der Waals surface area contributed by atoms with Crippen LogP contribution in [0.2, 0.25) is 0 Å². The lowest BCUT2D eigenvalue weighted by molar-refractivity contribution is -0.123. The van der Waals surface area contributed by atoms with Crippen LogP contribution in [0.4, 0.5) is 5.69 Å². The number of nitrogens with zero attached hydrogens (tertiary/aromatic N) is 1. The summed E-state index contributed by atoms with van der Waals surface area (Å²) in [5.41, 5.74) is 3.96. The maximum absolute atomic E-state index is 13.5. The Kier molecular flexibility index (Phi) is 3.90. The van der Waals surface area contributed by atoms with E-state index in [2.05, 4.69) is 18.0 Å². The van der Waals surface area contributed by atoms with Crippen molar-refractivity contribution >= 4 is 17.5 Å². The van der Waals surface area contributed by atoms with Crippen LogP contribution in [0.25, 0.3) is 0 Å². The largest absolute Gasteiger partial charge is 0.497 e. The third-order valence-electron chi connectivity index (χ3n) is 7.03. The van der Waals surface area contributed by atoms with E-state index in [1.54, 1.807) is 31.4 Å². The van der Waals surface area contributed by atoms with Crippen molar-refractivity contribution in [2.75, 3.05) is 12.0 Å². The molecular weight excluding hydrogens is 352 g/mol. The van der Waals surface area contributed by atoms with E-state index in [-0.39, 0.29) is 29.6 Å². The predicted octanol–water partition coefficient (Wildman–Crippen LogP) is 4.14. The zero-order valence-corrected chi connectivity index (χ0v) is 16.6. The molecule has 5 atom stereocenters. The van der Waals surface area contributed by atoms with E-state index in [9.17, 15) is 9.59 Å². The lowest BCUT2D eigenvalue weighted by Crippen LogP contribution is -2.39. The first-order valence-electron chi connectivity index (χ1n) is 10.2. The highest BCUT2D eigenvalue weighted by atomic mass is 16.5. The summed E-state index contributed by atoms with van der Waals surface area (Å²) in [6, 6.07) is 9.29. The van der Waals surface area contributed by atoms with Crippen molar-refractivity contribution < 1.29 is 14.3 Å². The van der Waals surface area contributed by atoms with Gasteiger partial charge in [-0.3, -0.25) is 9.59 Å². The van der Waals surface area contributed by atoms with Crippen molar-refractivity contribution in [1.29, 1.82) is 0 Å². The van der Waals surface area contributed by atoms with Gasteiger partial charge in [0.25, 0.3) is 0 Å². The molecule has 2 heterocycles. The molecule has 1 saturated heterocycles. The fourth-order valence-corrected chi connectivity index (χ4v) is 5.81. The number of anilines is 1. The Morgan fingerprint density at radius 1 is 1.11 bits per heavy atom. The molecule has 0 spiro atoms. The van der Waals surface area contributed by atoms with E-state index in [0.717, 1.165) is 24.1 Å². The number of methoxy groups -OCH3 is 1. The van der Waals surface area contributed by atoms with E-state index in [0.29, 0.717) is 23.3 Å². The number of aryl methyl sites for hydroxylation is 1. The summed E-state index contributed by atoms with van der Waals surface area (Å²) in [4.78, 5) is 32.0. The summed E-state index contributed by atoms with van der Waals surface area (Å²) in [5.74, 6) is 1.17. The van der Waals surface area contributed by atoms with Crippen LogP contribution in [-0.2, 0) is 9.59 Å². The number of imide groups is 1. The molecule has 5 heteroatoms. The molecule has 1 N–H and O–H groups in total. The Morgan fingerprint density at radius 3 is 2.57 bits per heavy atom. The molecule has 1 aromatic heterocycles. The standard InChI is InChI=1S/C23H26N2O3/c1-12-4-9-16-17(10-12)19-20(18-11-13(2)24-21(16)18)23(27)25(22(19)26)14-5-7-15(28-3)8-6-14/h5-8,11-12,16-17,19-20,24H,4,9-10H2,1-3H3/t12?,16-,17+,19+,20-/m1/s1. The van der Waals surface area contributed by atoms with E-state index >= 15 is 0 Å². The Morgan fingerprint density at radius 2 is 1.86 bits per heavy atom. The van der Waals surface area contributed by atoms with Crippen LogP contribution >= 0.6 is 0 Å². The number of amides is 2. The summed E-state index contributed by atoms with van der Waals surface area (Å²) in [7, 11) is 1.61. The number of carbonyl (C=O) groups is 2. The van der Waals surface area contributed by atoms with Crippen LogP contribution in [0.3, 0.4) is 0 Å². The van der Waals surface area contributed by atoms with Crippen molar-refractivity contribution in [1.82, 2.24) is 4.98 Å². The van der Waals surface area contributed by atoms with E-state index in [4.69, 9.17) is 4.74 Å². The van der Waals surface area contributed by atoms with Crippen LogP contribution in [0.1, 0.15) is 55.0 Å². The van der Waals surface area contributed by atoms with Crippen molar-refractivity contribution in [3.05, 3.63) is 47.3 Å². The normalized spacial score (nSPS) is 31.4. The van der Waals surface area contributed by atoms with Gasteiger partial charge in [-0.2, -0.15) is 0 Å². The molecule has 1 unspecified atom stereocenters. The maximum atomic E-state index is 13.5. The summed E-state index contributed by atoms with van der Waals surface area (Å²) in [5, 5.41) is 0. The summed E-state index contributed by atoms with van der Waals surface area (Å²) >= 11 is 0. The molecule has 3 aliphatic rings. The third kappa shape index (κ3) is 2.38. The molecule has 1 aromatic carbocycles. The zero-order valence-electron chi connectivity index (χ0n) is 16.6. The smallest absolute Gasteiger partial charge is 0.242 e. The van der Waals surface area contributed by atoms with Gasteiger partial charge in [-0.25, -0.2) is 4.90 Å². The molecule has 0 radical (unpaired) electrons. The van der Waals surface area contributed by atoms with Crippen molar-refractivity contribution in [3.63, 3.8) is 0 Å². The monoisotopic (exact) mass is 378 g/mol. The Labute approximate surface area is 165 Å². The lowest BCUT2D eigenvalue weighted by Gasteiger charge is -2.42. The van der Waals surface area contributed by atoms with Crippen LogP contribution in [0.15, 0.2) is 30.3 Å². The molecule has 0 bridgehead atoms. The number of aromatic amines is 1. The van der Waals surface area contributed by atoms with Gasteiger partial charge in [0, 0.05) is 17.3 Å². The number of H-pyrrole nitrogens is 1.